The molecule has 24 heavy (non-hydrogen) atoms. The predicted octanol–water partition coefficient (Wildman–Crippen LogP) is 3.51. The maximum atomic E-state index is 13.0. The minimum atomic E-state index is -1.10. The summed E-state index contributed by atoms with van der Waals surface area (Å²) in [5.74, 6) is -2.82. The number of benzene rings is 2. The first kappa shape index (κ1) is 17.3. The van der Waals surface area contributed by atoms with Gasteiger partial charge < -0.3 is 10.1 Å². The molecular formula is C16H14F2N2O4. The highest BCUT2D eigenvalue weighted by molar-refractivity contribution is 5.94. The maximum Gasteiger partial charge on any atom is 0.293 e. The zero-order valence-electron chi connectivity index (χ0n) is 12.9. The van der Waals surface area contributed by atoms with Crippen LogP contribution < -0.4 is 10.1 Å². The molecule has 126 valence electrons. The molecule has 0 aromatic heterocycles. The average Bonchev–Trinajstić information content (AvgIpc) is 2.51. The molecule has 0 saturated carbocycles. The number of nitro groups is 1. The van der Waals surface area contributed by atoms with Crippen LogP contribution in [0.15, 0.2) is 30.3 Å². The summed E-state index contributed by atoms with van der Waals surface area (Å²) in [6, 6.07) is 5.70. The Morgan fingerprint density at radius 2 is 1.83 bits per heavy atom. The second kappa shape index (κ2) is 7.03. The number of nitro benzene ring substituents is 1. The van der Waals surface area contributed by atoms with Crippen LogP contribution in [-0.2, 0) is 4.79 Å². The zero-order chi connectivity index (χ0) is 17.9. The summed E-state index contributed by atoms with van der Waals surface area (Å²) in [5, 5.41) is 13.4. The lowest BCUT2D eigenvalue weighted by molar-refractivity contribution is -0.384. The summed E-state index contributed by atoms with van der Waals surface area (Å²) >= 11 is 0. The highest BCUT2D eigenvalue weighted by Crippen LogP contribution is 2.27. The molecule has 1 N–H and O–H groups in total. The van der Waals surface area contributed by atoms with Crippen LogP contribution >= 0.6 is 0 Å². The molecule has 0 aliphatic carbocycles. The van der Waals surface area contributed by atoms with Crippen LogP contribution in [-0.4, -0.2) is 17.4 Å². The normalized spacial score (nSPS) is 10.3. The number of nitrogens with one attached hydrogen (secondary N) is 1. The smallest absolute Gasteiger partial charge is 0.293 e. The van der Waals surface area contributed by atoms with Gasteiger partial charge in [-0.15, -0.1) is 0 Å². The van der Waals surface area contributed by atoms with Crippen LogP contribution in [0.25, 0.3) is 0 Å². The molecule has 0 bridgehead atoms. The number of halogens is 2. The monoisotopic (exact) mass is 336 g/mol. The van der Waals surface area contributed by atoms with Crippen LogP contribution in [0.3, 0.4) is 0 Å². The molecular weight excluding hydrogens is 322 g/mol. The standard InChI is InChI=1S/C16H14F2N2O4/c1-9-5-14(15(20(22)23)6-10(9)2)19-16(21)8-24-11-3-4-12(17)13(18)7-11/h3-7H,8H2,1-2H3,(H,19,21). The molecule has 0 saturated heterocycles. The van der Waals surface area contributed by atoms with Crippen LogP contribution in [0.5, 0.6) is 5.75 Å². The van der Waals surface area contributed by atoms with Crippen LogP contribution in [0.4, 0.5) is 20.2 Å². The molecule has 0 aliphatic rings. The van der Waals surface area contributed by atoms with Gasteiger partial charge in [0.25, 0.3) is 11.6 Å². The summed E-state index contributed by atoms with van der Waals surface area (Å²) in [4.78, 5) is 22.3. The van der Waals surface area contributed by atoms with E-state index in [2.05, 4.69) is 5.32 Å². The Morgan fingerprint density at radius 1 is 1.17 bits per heavy atom. The van der Waals surface area contributed by atoms with Gasteiger partial charge in [0.1, 0.15) is 11.4 Å². The number of hydrogen-bond donors (Lipinski definition) is 1. The summed E-state index contributed by atoms with van der Waals surface area (Å²) in [7, 11) is 0. The van der Waals surface area contributed by atoms with Gasteiger partial charge in [-0.25, -0.2) is 8.78 Å². The third kappa shape index (κ3) is 4.03. The van der Waals surface area contributed by atoms with E-state index in [0.717, 1.165) is 23.3 Å². The largest absolute Gasteiger partial charge is 0.484 e. The molecule has 6 nitrogen and oxygen atoms in total. The fraction of sp³-hybridized carbons (Fsp3) is 0.188. The third-order valence-corrected chi connectivity index (χ3v) is 3.34. The fourth-order valence-electron chi connectivity index (χ4n) is 1.95. The lowest BCUT2D eigenvalue weighted by Gasteiger charge is -2.10. The van der Waals surface area contributed by atoms with E-state index in [4.69, 9.17) is 4.74 Å². The Morgan fingerprint density at radius 3 is 2.46 bits per heavy atom. The predicted molar refractivity (Wildman–Crippen MR) is 83.1 cm³/mol. The first-order valence-corrected chi connectivity index (χ1v) is 6.91. The van der Waals surface area contributed by atoms with Crippen molar-refractivity contribution in [2.45, 2.75) is 13.8 Å². The molecule has 2 aromatic carbocycles. The Hall–Kier alpha value is -3.03. The van der Waals surface area contributed by atoms with E-state index >= 15 is 0 Å². The lowest BCUT2D eigenvalue weighted by atomic mass is 10.1. The zero-order valence-corrected chi connectivity index (χ0v) is 12.9. The fourth-order valence-corrected chi connectivity index (χ4v) is 1.95. The molecule has 0 atom stereocenters. The van der Waals surface area contributed by atoms with E-state index in [1.54, 1.807) is 13.8 Å². The van der Waals surface area contributed by atoms with E-state index in [-0.39, 0.29) is 17.1 Å². The number of anilines is 1. The van der Waals surface area contributed by atoms with Crippen molar-refractivity contribution in [3.63, 3.8) is 0 Å². The lowest BCUT2D eigenvalue weighted by Crippen LogP contribution is -2.21. The molecule has 0 unspecified atom stereocenters. The first-order valence-electron chi connectivity index (χ1n) is 6.91. The molecule has 0 radical (unpaired) electrons. The van der Waals surface area contributed by atoms with Crippen LogP contribution in [0.2, 0.25) is 0 Å². The second-order valence-electron chi connectivity index (χ2n) is 5.12. The summed E-state index contributed by atoms with van der Waals surface area (Å²) in [6.45, 7) is 2.97. The van der Waals surface area contributed by atoms with Gasteiger partial charge in [-0.05, 0) is 43.2 Å². The first-order chi connectivity index (χ1) is 11.3. The van der Waals surface area contributed by atoms with E-state index in [1.165, 1.54) is 18.2 Å². The Kier molecular flexibility index (Phi) is 5.08. The molecule has 0 heterocycles. The van der Waals surface area contributed by atoms with Crippen LogP contribution in [0, 0.1) is 35.6 Å². The number of ether oxygens (including phenoxy) is 1. The highest BCUT2D eigenvalue weighted by Gasteiger charge is 2.18. The highest BCUT2D eigenvalue weighted by atomic mass is 19.2. The van der Waals surface area contributed by atoms with Crippen molar-refractivity contribution < 1.29 is 23.2 Å². The van der Waals surface area contributed by atoms with Gasteiger partial charge >= 0.3 is 0 Å². The number of amides is 1. The van der Waals surface area contributed by atoms with Crippen molar-refractivity contribution in [2.75, 3.05) is 11.9 Å². The Labute approximate surface area is 136 Å². The molecule has 0 fully saturated rings. The third-order valence-electron chi connectivity index (χ3n) is 3.34. The summed E-state index contributed by atoms with van der Waals surface area (Å²) < 4.78 is 30.9. The second-order valence-corrected chi connectivity index (χ2v) is 5.12. The van der Waals surface area contributed by atoms with Gasteiger partial charge in [-0.1, -0.05) is 0 Å². The van der Waals surface area contributed by atoms with Gasteiger partial charge in [0.2, 0.25) is 0 Å². The van der Waals surface area contributed by atoms with Gasteiger partial charge in [-0.2, -0.15) is 0 Å². The minimum absolute atomic E-state index is 0.0290. The maximum absolute atomic E-state index is 13.0. The molecule has 2 aromatic rings. The number of rotatable bonds is 5. The molecule has 0 spiro atoms. The van der Waals surface area contributed by atoms with Crippen LogP contribution in [0.1, 0.15) is 11.1 Å². The van der Waals surface area contributed by atoms with Crippen molar-refractivity contribution in [1.29, 1.82) is 0 Å². The molecule has 1 amide bonds. The number of hydrogen-bond acceptors (Lipinski definition) is 4. The van der Waals surface area contributed by atoms with Crippen molar-refractivity contribution in [3.8, 4) is 5.75 Å². The van der Waals surface area contributed by atoms with Crippen molar-refractivity contribution >= 4 is 17.3 Å². The molecule has 0 aliphatic heterocycles. The summed E-state index contributed by atoms with van der Waals surface area (Å²) in [5.41, 5.74) is 1.30. The van der Waals surface area contributed by atoms with E-state index < -0.39 is 29.1 Å². The van der Waals surface area contributed by atoms with Gasteiger partial charge in [-0.3, -0.25) is 14.9 Å². The van der Waals surface area contributed by atoms with Gasteiger partial charge in [0.05, 0.1) is 4.92 Å². The molecule has 8 heteroatoms. The Bertz CT molecular complexity index is 809. The number of carbonyl (C=O) groups excluding carboxylic acids is 1. The minimum Gasteiger partial charge on any atom is -0.484 e. The number of aryl methyl sites for hydroxylation is 2. The van der Waals surface area contributed by atoms with E-state index in [9.17, 15) is 23.7 Å². The average molecular weight is 336 g/mol. The topological polar surface area (TPSA) is 81.5 Å². The Balaban J connectivity index is 2.08. The number of nitrogens with zero attached hydrogens (tertiary/aromatic N) is 1. The SMILES string of the molecule is Cc1cc(NC(=O)COc2ccc(F)c(F)c2)c([N+](=O)[O-])cc1C. The van der Waals surface area contributed by atoms with Gasteiger partial charge in [0, 0.05) is 12.1 Å². The van der Waals surface area contributed by atoms with Crippen molar-refractivity contribution in [2.24, 2.45) is 0 Å². The quantitative estimate of drug-likeness (QED) is 0.669. The van der Waals surface area contributed by atoms with Gasteiger partial charge in [0.15, 0.2) is 18.2 Å². The van der Waals surface area contributed by atoms with E-state index in [1.807, 2.05) is 0 Å². The summed E-state index contributed by atoms with van der Waals surface area (Å²) in [6.07, 6.45) is 0. The molecule has 2 rings (SSSR count). The van der Waals surface area contributed by atoms with Crippen molar-refractivity contribution in [3.05, 3.63) is 63.2 Å². The van der Waals surface area contributed by atoms with E-state index in [0.29, 0.717) is 0 Å². The van der Waals surface area contributed by atoms with Crippen molar-refractivity contribution in [1.82, 2.24) is 0 Å². The number of carbonyl (C=O) groups is 1.